The number of hydrogen-bond donors (Lipinski definition) is 2. The van der Waals surface area contributed by atoms with Crippen LogP contribution in [0.25, 0.3) is 0 Å². The van der Waals surface area contributed by atoms with Gasteiger partial charge in [0.2, 0.25) is 5.91 Å². The zero-order valence-corrected chi connectivity index (χ0v) is 19.6. The number of carbonyl (C=O) groups is 2. The Balaban J connectivity index is 0.000000245. The number of aryl methyl sites for hydroxylation is 2. The minimum atomic E-state index is 0.0497. The minimum absolute atomic E-state index is 0.0497. The van der Waals surface area contributed by atoms with Gasteiger partial charge >= 0.3 is 0 Å². The molecule has 0 aromatic heterocycles. The summed E-state index contributed by atoms with van der Waals surface area (Å²) >= 11 is 0. The quantitative estimate of drug-likeness (QED) is 0.420. The number of ketones is 1. The molecular weight excluding hydrogens is 386 g/mol. The maximum atomic E-state index is 12.2. The molecule has 2 aromatic carbocycles. The van der Waals surface area contributed by atoms with Crippen molar-refractivity contribution >= 4 is 17.4 Å². The summed E-state index contributed by atoms with van der Waals surface area (Å²) in [5.74, 6) is 1.25. The second-order valence-electron chi connectivity index (χ2n) is 8.65. The molecule has 3 rings (SSSR count). The largest absolute Gasteiger partial charge is 0.506 e. The van der Waals surface area contributed by atoms with E-state index in [1.807, 2.05) is 38.1 Å². The van der Waals surface area contributed by atoms with E-state index < -0.39 is 0 Å². The van der Waals surface area contributed by atoms with Gasteiger partial charge in [-0.2, -0.15) is 0 Å². The van der Waals surface area contributed by atoms with Crippen molar-refractivity contribution in [2.24, 2.45) is 11.8 Å². The Labute approximate surface area is 187 Å². The Morgan fingerprint density at radius 3 is 2.23 bits per heavy atom. The van der Waals surface area contributed by atoms with Gasteiger partial charge in [-0.15, -0.1) is 0 Å². The number of hydrogen-bond acceptors (Lipinski definition) is 3. The molecule has 0 heterocycles. The van der Waals surface area contributed by atoms with E-state index in [4.69, 9.17) is 0 Å². The predicted molar refractivity (Wildman–Crippen MR) is 128 cm³/mol. The second-order valence-corrected chi connectivity index (χ2v) is 8.65. The summed E-state index contributed by atoms with van der Waals surface area (Å²) in [4.78, 5) is 23.4. The lowest BCUT2D eigenvalue weighted by molar-refractivity contribution is -0.121. The minimum Gasteiger partial charge on any atom is -0.506 e. The van der Waals surface area contributed by atoms with Gasteiger partial charge in [0.25, 0.3) is 0 Å². The third-order valence-corrected chi connectivity index (χ3v) is 6.35. The molecule has 31 heavy (non-hydrogen) atoms. The van der Waals surface area contributed by atoms with Crippen LogP contribution in [0.1, 0.15) is 79.9 Å². The zero-order chi connectivity index (χ0) is 23.0. The molecule has 0 saturated heterocycles. The molecule has 0 unspecified atom stereocenters. The molecule has 2 aromatic rings. The molecule has 1 aliphatic rings. The lowest BCUT2D eigenvalue weighted by atomic mass is 9.80. The van der Waals surface area contributed by atoms with Gasteiger partial charge in [-0.25, -0.2) is 0 Å². The van der Waals surface area contributed by atoms with E-state index in [-0.39, 0.29) is 23.4 Å². The average molecular weight is 424 g/mol. The molecule has 1 amide bonds. The van der Waals surface area contributed by atoms with Crippen LogP contribution in [0, 0.1) is 25.7 Å². The molecule has 1 saturated carbocycles. The third kappa shape index (κ3) is 6.95. The van der Waals surface area contributed by atoms with Gasteiger partial charge in [-0.05, 0) is 87.6 Å². The normalized spacial score (nSPS) is 18.0. The lowest BCUT2D eigenvalue weighted by Gasteiger charge is -2.27. The molecule has 4 heteroatoms. The fourth-order valence-corrected chi connectivity index (χ4v) is 4.32. The third-order valence-electron chi connectivity index (χ3n) is 6.35. The number of amides is 1. The van der Waals surface area contributed by atoms with Crippen molar-refractivity contribution in [3.63, 3.8) is 0 Å². The van der Waals surface area contributed by atoms with Crippen molar-refractivity contribution in [2.45, 2.75) is 73.1 Å². The highest BCUT2D eigenvalue weighted by Gasteiger charge is 2.25. The van der Waals surface area contributed by atoms with Crippen molar-refractivity contribution in [3.05, 3.63) is 58.7 Å². The van der Waals surface area contributed by atoms with Gasteiger partial charge in [0.1, 0.15) is 5.75 Å². The number of aromatic hydroxyl groups is 1. The molecule has 168 valence electrons. The van der Waals surface area contributed by atoms with E-state index in [0.29, 0.717) is 5.69 Å². The fraction of sp³-hybridized carbons (Fsp3) is 0.481. The van der Waals surface area contributed by atoms with Crippen LogP contribution in [0.4, 0.5) is 5.69 Å². The standard InChI is InChI=1S/C16H23NO2.C11H14O/c1-3-12-5-7-13(8-6-12)16(19)17-14-9-4-11(2)10-15(14)18;1-4-10-8(2)6-5-7-11(10)9(3)12/h4,9-10,12-13,18H,3,5-8H2,1-2H3,(H,17,19);5-7H,4H2,1-3H3. The number of anilines is 1. The van der Waals surface area contributed by atoms with Gasteiger partial charge < -0.3 is 10.4 Å². The number of Topliss-reactive ketones (excluding diaryl/α,β-unsaturated/α-hetero) is 1. The zero-order valence-electron chi connectivity index (χ0n) is 19.6. The van der Waals surface area contributed by atoms with Crippen molar-refractivity contribution in [1.29, 1.82) is 0 Å². The van der Waals surface area contributed by atoms with Crippen LogP contribution >= 0.6 is 0 Å². The highest BCUT2D eigenvalue weighted by atomic mass is 16.3. The molecule has 0 bridgehead atoms. The first-order chi connectivity index (χ1) is 14.8. The van der Waals surface area contributed by atoms with E-state index in [2.05, 4.69) is 19.2 Å². The first-order valence-electron chi connectivity index (χ1n) is 11.5. The van der Waals surface area contributed by atoms with Crippen LogP contribution in [0.3, 0.4) is 0 Å². The summed E-state index contributed by atoms with van der Waals surface area (Å²) in [7, 11) is 0. The number of benzene rings is 2. The molecule has 1 fully saturated rings. The fourth-order valence-electron chi connectivity index (χ4n) is 4.32. The summed E-state index contributed by atoms with van der Waals surface area (Å²) in [6.45, 7) is 9.88. The highest BCUT2D eigenvalue weighted by molar-refractivity contribution is 5.96. The smallest absolute Gasteiger partial charge is 0.227 e. The summed E-state index contributed by atoms with van der Waals surface area (Å²) in [5.41, 5.74) is 4.78. The molecule has 4 nitrogen and oxygen atoms in total. The maximum absolute atomic E-state index is 12.2. The highest BCUT2D eigenvalue weighted by Crippen LogP contribution is 2.32. The van der Waals surface area contributed by atoms with Gasteiger partial charge in [0.05, 0.1) is 5.69 Å². The maximum Gasteiger partial charge on any atom is 0.227 e. The van der Waals surface area contributed by atoms with E-state index in [0.717, 1.165) is 49.1 Å². The molecule has 0 atom stereocenters. The van der Waals surface area contributed by atoms with Gasteiger partial charge in [-0.1, -0.05) is 44.5 Å². The molecule has 2 N–H and O–H groups in total. The Bertz CT molecular complexity index is 895. The van der Waals surface area contributed by atoms with Crippen LogP contribution in [0.5, 0.6) is 5.75 Å². The summed E-state index contributed by atoms with van der Waals surface area (Å²) < 4.78 is 0. The molecule has 0 aliphatic heterocycles. The number of phenolic OH excluding ortho intramolecular Hbond substituents is 1. The number of carbonyl (C=O) groups excluding carboxylic acids is 2. The summed E-state index contributed by atoms with van der Waals surface area (Å²) in [6, 6.07) is 11.2. The number of rotatable bonds is 5. The first-order valence-corrected chi connectivity index (χ1v) is 11.5. The van der Waals surface area contributed by atoms with Crippen LogP contribution in [-0.2, 0) is 11.2 Å². The summed E-state index contributed by atoms with van der Waals surface area (Å²) in [5, 5.41) is 12.7. The Kier molecular flexibility index (Phi) is 9.29. The Morgan fingerprint density at radius 1 is 1.03 bits per heavy atom. The Morgan fingerprint density at radius 2 is 1.71 bits per heavy atom. The van der Waals surface area contributed by atoms with Crippen LogP contribution in [0.15, 0.2) is 36.4 Å². The second kappa shape index (κ2) is 11.7. The van der Waals surface area contributed by atoms with Crippen LogP contribution in [0.2, 0.25) is 0 Å². The molecular formula is C27H37NO3. The number of phenols is 1. The monoisotopic (exact) mass is 423 g/mol. The van der Waals surface area contributed by atoms with Crippen molar-refractivity contribution in [2.75, 3.05) is 5.32 Å². The van der Waals surface area contributed by atoms with Crippen molar-refractivity contribution in [3.8, 4) is 5.75 Å². The van der Waals surface area contributed by atoms with E-state index in [1.165, 1.54) is 17.5 Å². The molecule has 0 radical (unpaired) electrons. The van der Waals surface area contributed by atoms with Gasteiger partial charge in [0.15, 0.2) is 5.78 Å². The summed E-state index contributed by atoms with van der Waals surface area (Å²) in [6.07, 6.45) is 6.38. The first kappa shape index (κ1) is 24.6. The predicted octanol–water partition coefficient (Wildman–Crippen LogP) is 6.62. The topological polar surface area (TPSA) is 66.4 Å². The van der Waals surface area contributed by atoms with Crippen LogP contribution < -0.4 is 5.32 Å². The van der Waals surface area contributed by atoms with Gasteiger partial charge in [0, 0.05) is 11.5 Å². The lowest BCUT2D eigenvalue weighted by Crippen LogP contribution is -2.27. The van der Waals surface area contributed by atoms with E-state index in [9.17, 15) is 14.7 Å². The van der Waals surface area contributed by atoms with E-state index >= 15 is 0 Å². The van der Waals surface area contributed by atoms with Gasteiger partial charge in [-0.3, -0.25) is 9.59 Å². The van der Waals surface area contributed by atoms with Crippen molar-refractivity contribution < 1.29 is 14.7 Å². The SMILES string of the molecule is CCC1CCC(C(=O)Nc2ccc(C)cc2O)CC1.CCc1c(C)cccc1C(C)=O. The van der Waals surface area contributed by atoms with E-state index in [1.54, 1.807) is 19.1 Å². The molecule has 1 aliphatic carbocycles. The van der Waals surface area contributed by atoms with Crippen molar-refractivity contribution in [1.82, 2.24) is 0 Å². The average Bonchev–Trinajstić information content (AvgIpc) is 2.76. The number of nitrogens with one attached hydrogen (secondary N) is 1. The molecule has 0 spiro atoms. The van der Waals surface area contributed by atoms with Crippen LogP contribution in [-0.4, -0.2) is 16.8 Å². The Hall–Kier alpha value is -2.62.